The lowest BCUT2D eigenvalue weighted by atomic mass is 9.32. The highest BCUT2D eigenvalue weighted by Crippen LogP contribution is 2.77. The van der Waals surface area contributed by atoms with Crippen LogP contribution in [0.5, 0.6) is 0 Å². The summed E-state index contributed by atoms with van der Waals surface area (Å²) >= 11 is 0. The number of aliphatic carboxylic acids is 1. The molecule has 6 rings (SSSR count). The van der Waals surface area contributed by atoms with E-state index in [-0.39, 0.29) is 62.4 Å². The van der Waals surface area contributed by atoms with Crippen LogP contribution in [0.25, 0.3) is 0 Å². The second kappa shape index (κ2) is 11.1. The summed E-state index contributed by atoms with van der Waals surface area (Å²) in [5.41, 5.74) is 2.31. The van der Waals surface area contributed by atoms with Crippen molar-refractivity contribution < 1.29 is 24.5 Å². The number of hydrazone groups is 1. The van der Waals surface area contributed by atoms with Gasteiger partial charge < -0.3 is 9.90 Å². The van der Waals surface area contributed by atoms with E-state index in [0.29, 0.717) is 24.7 Å². The van der Waals surface area contributed by atoms with Crippen LogP contribution >= 0.6 is 0 Å². The zero-order valence-electron chi connectivity index (χ0n) is 28.6. The number of benzene rings is 1. The molecule has 1 aromatic rings. The molecule has 0 aliphatic heterocycles. The molecule has 0 heterocycles. The molecule has 11 heteroatoms. The molecule has 0 amide bonds. The molecule has 0 saturated heterocycles. The average Bonchev–Trinajstić information content (AvgIpc) is 3.41. The van der Waals surface area contributed by atoms with Crippen molar-refractivity contribution in [1.82, 2.24) is 0 Å². The van der Waals surface area contributed by atoms with Gasteiger partial charge in [0.05, 0.1) is 21.3 Å². The van der Waals surface area contributed by atoms with Crippen LogP contribution in [0.4, 0.5) is 17.1 Å². The van der Waals surface area contributed by atoms with Gasteiger partial charge in [0.2, 0.25) is 0 Å². The zero-order chi connectivity index (χ0) is 34.3. The summed E-state index contributed by atoms with van der Waals surface area (Å²) in [4.78, 5) is 46.7. The number of nitro benzene ring substituents is 2. The predicted molar refractivity (Wildman–Crippen MR) is 178 cm³/mol. The zero-order valence-corrected chi connectivity index (χ0v) is 28.6. The van der Waals surface area contributed by atoms with E-state index in [1.54, 1.807) is 0 Å². The largest absolute Gasteiger partial charge is 0.481 e. The lowest BCUT2D eigenvalue weighted by molar-refractivity contribution is -0.393. The Kier molecular flexibility index (Phi) is 7.91. The van der Waals surface area contributed by atoms with Crippen LogP contribution in [0.15, 0.2) is 23.3 Å². The summed E-state index contributed by atoms with van der Waals surface area (Å²) in [5, 5.41) is 38.3. The van der Waals surface area contributed by atoms with Crippen LogP contribution in [0.2, 0.25) is 0 Å². The van der Waals surface area contributed by atoms with Crippen molar-refractivity contribution >= 4 is 35.0 Å². The van der Waals surface area contributed by atoms with Gasteiger partial charge in [-0.05, 0) is 116 Å². The Bertz CT molecular complexity index is 1540. The molecular formula is C36H50N4O7. The molecule has 0 radical (unpaired) electrons. The summed E-state index contributed by atoms with van der Waals surface area (Å²) in [7, 11) is 0. The van der Waals surface area contributed by atoms with Crippen molar-refractivity contribution in [2.75, 3.05) is 5.43 Å². The molecule has 2 N–H and O–H groups in total. The first-order valence-corrected chi connectivity index (χ1v) is 17.4. The molecule has 256 valence electrons. The number of carbonyl (C=O) groups excluding carboxylic acids is 1. The third-order valence-electron chi connectivity index (χ3n) is 15.3. The molecule has 5 saturated carbocycles. The highest BCUT2D eigenvalue weighted by molar-refractivity contribution is 5.91. The van der Waals surface area contributed by atoms with Gasteiger partial charge in [0, 0.05) is 23.1 Å². The summed E-state index contributed by atoms with van der Waals surface area (Å²) in [5.74, 6) is 0.414. The molecule has 0 aromatic heterocycles. The van der Waals surface area contributed by atoms with Crippen LogP contribution in [0.1, 0.15) is 106 Å². The van der Waals surface area contributed by atoms with Crippen LogP contribution in [0, 0.1) is 82.8 Å². The Morgan fingerprint density at radius 3 is 2.32 bits per heavy atom. The fraction of sp³-hybridized carbons (Fsp3) is 0.750. The van der Waals surface area contributed by atoms with E-state index >= 15 is 0 Å². The second-order valence-corrected chi connectivity index (χ2v) is 17.0. The number of nitrogens with one attached hydrogen (secondary N) is 1. The van der Waals surface area contributed by atoms with Gasteiger partial charge in [-0.3, -0.25) is 30.4 Å². The van der Waals surface area contributed by atoms with Crippen LogP contribution < -0.4 is 5.43 Å². The highest BCUT2D eigenvalue weighted by Gasteiger charge is 2.72. The Balaban J connectivity index is 1.30. The quantitative estimate of drug-likeness (QED) is 0.169. The topological polar surface area (TPSA) is 165 Å². The minimum atomic E-state index is -0.722. The van der Waals surface area contributed by atoms with Gasteiger partial charge in [0.15, 0.2) is 0 Å². The van der Waals surface area contributed by atoms with Gasteiger partial charge >= 0.3 is 11.7 Å². The predicted octanol–water partition coefficient (Wildman–Crippen LogP) is 8.27. The van der Waals surface area contributed by atoms with Crippen LogP contribution in [0.3, 0.4) is 0 Å². The number of hydrogen-bond donors (Lipinski definition) is 2. The van der Waals surface area contributed by atoms with E-state index in [9.17, 15) is 34.9 Å². The Hall–Kier alpha value is -3.37. The van der Waals surface area contributed by atoms with Crippen molar-refractivity contribution in [1.29, 1.82) is 0 Å². The number of rotatable bonds is 7. The van der Waals surface area contributed by atoms with E-state index in [0.717, 1.165) is 69.4 Å². The van der Waals surface area contributed by atoms with Crippen molar-refractivity contribution in [2.24, 2.45) is 67.7 Å². The Labute approximate surface area is 276 Å². The maximum atomic E-state index is 13.0. The van der Waals surface area contributed by atoms with Gasteiger partial charge in [0.1, 0.15) is 12.0 Å². The Morgan fingerprint density at radius 2 is 1.68 bits per heavy atom. The monoisotopic (exact) mass is 650 g/mol. The molecule has 5 fully saturated rings. The second-order valence-electron chi connectivity index (χ2n) is 17.0. The first kappa shape index (κ1) is 33.5. The lowest BCUT2D eigenvalue weighted by Gasteiger charge is -2.72. The SMILES string of the molecule is C[C@H](C=O)[C@@H]1CC[C@]2(C(=O)O)CC[C@]3(C)[C@H](CC[C@@H]4[C@@]5(C)CC/C(=N\Nc6ccc([N+](=O)[O-])cc6[N+](=O)[O-])C(C)(C)[C@@H]5CC[C@]43C)[C@@H]12. The smallest absolute Gasteiger partial charge is 0.309 e. The van der Waals surface area contributed by atoms with E-state index < -0.39 is 21.2 Å². The molecule has 0 spiro atoms. The van der Waals surface area contributed by atoms with Gasteiger partial charge in [-0.1, -0.05) is 41.5 Å². The number of nitro groups is 2. The minimum Gasteiger partial charge on any atom is -0.481 e. The molecule has 5 aliphatic carbocycles. The first-order chi connectivity index (χ1) is 22.0. The molecule has 11 nitrogen and oxygen atoms in total. The normalized spacial score (nSPS) is 41.8. The van der Waals surface area contributed by atoms with Crippen molar-refractivity contribution in [3.8, 4) is 0 Å². The maximum absolute atomic E-state index is 13.0. The Morgan fingerprint density at radius 1 is 0.957 bits per heavy atom. The van der Waals surface area contributed by atoms with Crippen LogP contribution in [-0.2, 0) is 9.59 Å². The number of carboxylic acids is 1. The third-order valence-corrected chi connectivity index (χ3v) is 15.3. The summed E-state index contributed by atoms with van der Waals surface area (Å²) in [6.07, 6.45) is 9.92. The van der Waals surface area contributed by atoms with E-state index in [1.165, 1.54) is 12.1 Å². The minimum absolute atomic E-state index is 0.0202. The van der Waals surface area contributed by atoms with Gasteiger partial charge in [0.25, 0.3) is 5.69 Å². The van der Waals surface area contributed by atoms with Gasteiger partial charge in [-0.25, -0.2) is 0 Å². The number of carboxylic acid groups (broad SMARTS) is 1. The van der Waals surface area contributed by atoms with Gasteiger partial charge in [-0.2, -0.15) is 5.10 Å². The number of anilines is 1. The van der Waals surface area contributed by atoms with Crippen LogP contribution in [-0.4, -0.2) is 32.9 Å². The first-order valence-electron chi connectivity index (χ1n) is 17.4. The number of hydrogen-bond acceptors (Lipinski definition) is 8. The number of carbonyl (C=O) groups is 2. The van der Waals surface area contributed by atoms with E-state index in [4.69, 9.17) is 5.10 Å². The van der Waals surface area contributed by atoms with E-state index in [2.05, 4.69) is 40.0 Å². The van der Waals surface area contributed by atoms with Crippen molar-refractivity contribution in [3.05, 3.63) is 38.4 Å². The average molecular weight is 651 g/mol. The number of non-ortho nitro benzene ring substituents is 1. The molecule has 10 atom stereocenters. The fourth-order valence-electron chi connectivity index (χ4n) is 12.7. The number of aldehydes is 1. The standard InChI is InChI=1S/C36H50N4O7/c1-21(20-41)23-11-16-36(31(42)43)18-17-34(5)24(30(23)36)8-10-28-33(4)14-13-29(32(2,3)27(33)12-15-35(28,34)6)38-37-25-9-7-22(39(44)45)19-26(25)40(46)47/h7,9,19-21,23-24,27-28,30,37H,8,10-18H2,1-6H3,(H,42,43)/b38-29+/t21-,23+,24-,27+,28-,30-,33+,34-,35-,36+/m1/s1. The number of nitrogens with zero attached hydrogens (tertiary/aromatic N) is 3. The molecule has 0 unspecified atom stereocenters. The summed E-state index contributed by atoms with van der Waals surface area (Å²) < 4.78 is 0. The summed E-state index contributed by atoms with van der Waals surface area (Å²) in [6.45, 7) is 13.9. The molecule has 1 aromatic carbocycles. The molecule has 47 heavy (non-hydrogen) atoms. The van der Waals surface area contributed by atoms with Gasteiger partial charge in [-0.15, -0.1) is 0 Å². The fourth-order valence-corrected chi connectivity index (χ4v) is 12.7. The third kappa shape index (κ3) is 4.60. The summed E-state index contributed by atoms with van der Waals surface area (Å²) in [6, 6.07) is 3.56. The molecule has 0 bridgehead atoms. The highest BCUT2D eigenvalue weighted by atomic mass is 16.6. The molecule has 5 aliphatic rings. The van der Waals surface area contributed by atoms with Crippen molar-refractivity contribution in [3.63, 3.8) is 0 Å². The molecular weight excluding hydrogens is 600 g/mol. The van der Waals surface area contributed by atoms with E-state index in [1.807, 2.05) is 6.92 Å². The maximum Gasteiger partial charge on any atom is 0.309 e. The lowest BCUT2D eigenvalue weighted by Crippen LogP contribution is -2.66. The van der Waals surface area contributed by atoms with Crippen molar-refractivity contribution in [2.45, 2.75) is 106 Å². The number of fused-ring (bicyclic) bond motifs is 7.